The maximum absolute atomic E-state index is 5.98. The molecule has 1 aromatic heterocycles. The number of nitrogens with one attached hydrogen (secondary N) is 1. The highest BCUT2D eigenvalue weighted by molar-refractivity contribution is 9.10. The van der Waals surface area contributed by atoms with E-state index in [-0.39, 0.29) is 0 Å². The molecule has 96 valence electrons. The predicted molar refractivity (Wildman–Crippen MR) is 78.3 cm³/mol. The van der Waals surface area contributed by atoms with Gasteiger partial charge in [-0.25, -0.2) is 0 Å². The fourth-order valence-electron chi connectivity index (χ4n) is 2.65. The zero-order chi connectivity index (χ0) is 12.1. The maximum Gasteiger partial charge on any atom is 0.0300 e. The molecule has 1 fully saturated rings. The van der Waals surface area contributed by atoms with Crippen molar-refractivity contribution in [3.05, 3.63) is 20.8 Å². The van der Waals surface area contributed by atoms with E-state index in [1.54, 1.807) is 11.3 Å². The Morgan fingerprint density at radius 2 is 2.12 bits per heavy atom. The highest BCUT2D eigenvalue weighted by atomic mass is 79.9. The first-order valence-electron chi connectivity index (χ1n) is 6.38. The van der Waals surface area contributed by atoms with Gasteiger partial charge in [-0.15, -0.1) is 11.3 Å². The molecular formula is C13H21BrN2S. The van der Waals surface area contributed by atoms with Gasteiger partial charge in [-0.05, 0) is 46.8 Å². The van der Waals surface area contributed by atoms with E-state index in [0.29, 0.717) is 5.41 Å². The van der Waals surface area contributed by atoms with E-state index < -0.39 is 0 Å². The van der Waals surface area contributed by atoms with Crippen molar-refractivity contribution in [3.63, 3.8) is 0 Å². The summed E-state index contributed by atoms with van der Waals surface area (Å²) < 4.78 is 1.19. The molecule has 0 atom stereocenters. The lowest BCUT2D eigenvalue weighted by Gasteiger charge is -2.36. The van der Waals surface area contributed by atoms with E-state index in [9.17, 15) is 0 Å². The summed E-state index contributed by atoms with van der Waals surface area (Å²) in [5.74, 6) is 0. The second-order valence-corrected chi connectivity index (χ2v) is 7.01. The molecule has 1 aliphatic carbocycles. The second-order valence-electron chi connectivity index (χ2n) is 5.10. The Morgan fingerprint density at radius 3 is 2.71 bits per heavy atom. The lowest BCUT2D eigenvalue weighted by Crippen LogP contribution is -2.41. The van der Waals surface area contributed by atoms with Crippen LogP contribution in [-0.4, -0.2) is 13.1 Å². The normalized spacial score (nSPS) is 19.4. The monoisotopic (exact) mass is 316 g/mol. The zero-order valence-electron chi connectivity index (χ0n) is 10.2. The van der Waals surface area contributed by atoms with Crippen LogP contribution in [0.3, 0.4) is 0 Å². The summed E-state index contributed by atoms with van der Waals surface area (Å²) in [5.41, 5.74) is 6.34. The lowest BCUT2D eigenvalue weighted by atomic mass is 9.74. The predicted octanol–water partition coefficient (Wildman–Crippen LogP) is 3.51. The molecule has 3 N–H and O–H groups in total. The van der Waals surface area contributed by atoms with Crippen molar-refractivity contribution in [2.75, 3.05) is 13.1 Å². The Morgan fingerprint density at radius 1 is 1.35 bits per heavy atom. The van der Waals surface area contributed by atoms with Crippen molar-refractivity contribution in [1.29, 1.82) is 0 Å². The standard InChI is InChI=1S/C13H21BrN2S/c14-11-6-12(17-8-11)7-16-10-13(9-15)4-2-1-3-5-13/h6,8,16H,1-5,7,9-10,15H2. The van der Waals surface area contributed by atoms with Crippen LogP contribution in [0.15, 0.2) is 15.9 Å². The second kappa shape index (κ2) is 6.32. The smallest absolute Gasteiger partial charge is 0.0300 e. The Bertz CT molecular complexity index is 345. The van der Waals surface area contributed by atoms with Gasteiger partial charge in [-0.3, -0.25) is 0 Å². The zero-order valence-corrected chi connectivity index (χ0v) is 12.6. The molecule has 0 radical (unpaired) electrons. The Kier molecular flexibility index (Phi) is 5.03. The molecule has 0 bridgehead atoms. The van der Waals surface area contributed by atoms with E-state index in [1.165, 1.54) is 41.5 Å². The largest absolute Gasteiger partial charge is 0.330 e. The van der Waals surface area contributed by atoms with E-state index >= 15 is 0 Å². The minimum absolute atomic E-state index is 0.368. The van der Waals surface area contributed by atoms with Gasteiger partial charge in [-0.1, -0.05) is 19.3 Å². The molecule has 1 aromatic rings. The minimum atomic E-state index is 0.368. The summed E-state index contributed by atoms with van der Waals surface area (Å²) in [7, 11) is 0. The molecular weight excluding hydrogens is 296 g/mol. The van der Waals surface area contributed by atoms with Crippen LogP contribution in [0.5, 0.6) is 0 Å². The number of hydrogen-bond acceptors (Lipinski definition) is 3. The van der Waals surface area contributed by atoms with Gasteiger partial charge in [0.25, 0.3) is 0 Å². The van der Waals surface area contributed by atoms with Gasteiger partial charge in [0.15, 0.2) is 0 Å². The minimum Gasteiger partial charge on any atom is -0.330 e. The third kappa shape index (κ3) is 3.78. The van der Waals surface area contributed by atoms with Crippen LogP contribution in [0, 0.1) is 5.41 Å². The van der Waals surface area contributed by atoms with Crippen molar-refractivity contribution in [3.8, 4) is 0 Å². The summed E-state index contributed by atoms with van der Waals surface area (Å²) in [6, 6.07) is 2.19. The van der Waals surface area contributed by atoms with Crippen LogP contribution in [0.4, 0.5) is 0 Å². The van der Waals surface area contributed by atoms with Crippen LogP contribution < -0.4 is 11.1 Å². The number of nitrogens with two attached hydrogens (primary N) is 1. The van der Waals surface area contributed by atoms with Crippen molar-refractivity contribution in [2.45, 2.75) is 38.6 Å². The molecule has 2 nitrogen and oxygen atoms in total. The first kappa shape index (κ1) is 13.5. The van der Waals surface area contributed by atoms with E-state index in [4.69, 9.17) is 5.73 Å². The quantitative estimate of drug-likeness (QED) is 0.872. The molecule has 2 rings (SSSR count). The van der Waals surface area contributed by atoms with E-state index in [2.05, 4.69) is 32.7 Å². The van der Waals surface area contributed by atoms with Crippen LogP contribution >= 0.6 is 27.3 Å². The van der Waals surface area contributed by atoms with Gasteiger partial charge in [0.05, 0.1) is 0 Å². The van der Waals surface area contributed by atoms with E-state index in [0.717, 1.165) is 19.6 Å². The SMILES string of the molecule is NCC1(CNCc2cc(Br)cs2)CCCCC1. The van der Waals surface area contributed by atoms with Gasteiger partial charge in [0.2, 0.25) is 0 Å². The molecule has 0 amide bonds. The third-order valence-corrected chi connectivity index (χ3v) is 5.47. The number of hydrogen-bond donors (Lipinski definition) is 2. The molecule has 1 saturated carbocycles. The Hall–Kier alpha value is 0.1000. The van der Waals surface area contributed by atoms with Crippen LogP contribution in [0.1, 0.15) is 37.0 Å². The molecule has 0 aliphatic heterocycles. The Balaban J connectivity index is 1.79. The van der Waals surface area contributed by atoms with Gasteiger partial charge in [0.1, 0.15) is 0 Å². The fraction of sp³-hybridized carbons (Fsp3) is 0.692. The summed E-state index contributed by atoms with van der Waals surface area (Å²) in [6.07, 6.45) is 6.68. The molecule has 0 unspecified atom stereocenters. The molecule has 1 heterocycles. The van der Waals surface area contributed by atoms with Crippen LogP contribution in [0.2, 0.25) is 0 Å². The van der Waals surface area contributed by atoms with Crippen LogP contribution in [0.25, 0.3) is 0 Å². The molecule has 0 spiro atoms. The highest BCUT2D eigenvalue weighted by Crippen LogP contribution is 2.34. The van der Waals surface area contributed by atoms with Gasteiger partial charge in [-0.2, -0.15) is 0 Å². The average Bonchev–Trinajstić information content (AvgIpc) is 2.76. The van der Waals surface area contributed by atoms with E-state index in [1.807, 2.05) is 0 Å². The first-order chi connectivity index (χ1) is 8.24. The summed E-state index contributed by atoms with van der Waals surface area (Å²) in [4.78, 5) is 1.39. The third-order valence-electron chi connectivity index (χ3n) is 3.77. The fourth-order valence-corrected chi connectivity index (χ4v) is 4.07. The molecule has 0 saturated heterocycles. The average molecular weight is 317 g/mol. The lowest BCUT2D eigenvalue weighted by molar-refractivity contribution is 0.191. The summed E-state index contributed by atoms with van der Waals surface area (Å²) in [5, 5.41) is 5.72. The number of rotatable bonds is 5. The van der Waals surface area contributed by atoms with Gasteiger partial charge >= 0.3 is 0 Å². The first-order valence-corrected chi connectivity index (χ1v) is 8.05. The van der Waals surface area contributed by atoms with Crippen molar-refractivity contribution < 1.29 is 0 Å². The highest BCUT2D eigenvalue weighted by Gasteiger charge is 2.29. The molecule has 1 aliphatic rings. The molecule has 4 heteroatoms. The Labute approximate surface area is 116 Å². The van der Waals surface area contributed by atoms with Crippen molar-refractivity contribution in [2.24, 2.45) is 11.1 Å². The van der Waals surface area contributed by atoms with Gasteiger partial charge in [0, 0.05) is 27.8 Å². The van der Waals surface area contributed by atoms with Crippen molar-refractivity contribution >= 4 is 27.3 Å². The number of thiophene rings is 1. The summed E-state index contributed by atoms with van der Waals surface area (Å²) >= 11 is 5.29. The summed E-state index contributed by atoms with van der Waals surface area (Å²) in [6.45, 7) is 2.87. The van der Waals surface area contributed by atoms with Crippen molar-refractivity contribution in [1.82, 2.24) is 5.32 Å². The number of halogens is 1. The maximum atomic E-state index is 5.98. The molecule has 0 aromatic carbocycles. The molecule has 17 heavy (non-hydrogen) atoms. The van der Waals surface area contributed by atoms with Gasteiger partial charge < -0.3 is 11.1 Å². The van der Waals surface area contributed by atoms with Crippen LogP contribution in [-0.2, 0) is 6.54 Å². The topological polar surface area (TPSA) is 38.0 Å².